The van der Waals surface area contributed by atoms with Gasteiger partial charge in [0.05, 0.1) is 0 Å². The second-order valence-corrected chi connectivity index (χ2v) is 14.1. The van der Waals surface area contributed by atoms with Crippen LogP contribution in [0.5, 0.6) is 0 Å². The molecule has 0 nitrogen and oxygen atoms in total. The third-order valence-corrected chi connectivity index (χ3v) is 11.8. The molecule has 4 atom stereocenters. The average molecular weight is 569 g/mol. The monoisotopic (exact) mass is 568 g/mol. The zero-order chi connectivity index (χ0) is 30.4. The molecular weight excluding hydrogens is 516 g/mol. The van der Waals surface area contributed by atoms with Gasteiger partial charge in [-0.2, -0.15) is 0 Å². The minimum Gasteiger partial charge on any atom is -0.0651 e. The Balaban J connectivity index is 1.48. The first-order chi connectivity index (χ1) is 20.8. The Morgan fingerprint density at radius 3 is 1.47 bits per heavy atom. The molecule has 2 aliphatic carbocycles. The van der Waals surface area contributed by atoms with Crippen LogP contribution < -0.4 is 0 Å². The van der Waals surface area contributed by atoms with Crippen LogP contribution >= 0.6 is 0 Å². The minimum atomic E-state index is 0.0898. The van der Waals surface area contributed by atoms with Gasteiger partial charge < -0.3 is 0 Å². The van der Waals surface area contributed by atoms with E-state index in [-0.39, 0.29) is 10.8 Å². The second-order valence-electron chi connectivity index (χ2n) is 14.1. The minimum absolute atomic E-state index is 0.0898. The SMILES string of the molecule is CCC(C)CCC1(CC)c2ccccc2-c2ccc(-c3ccc4c(c3)C(CC)(CCC(C)CC)c3cc(C)ccc3-4)cc21. The van der Waals surface area contributed by atoms with E-state index in [1.165, 1.54) is 77.5 Å². The molecule has 43 heavy (non-hydrogen) atoms. The van der Waals surface area contributed by atoms with E-state index in [1.54, 1.807) is 22.3 Å². The molecule has 6 rings (SSSR count). The van der Waals surface area contributed by atoms with Crippen molar-refractivity contribution < 1.29 is 0 Å². The average Bonchev–Trinajstić information content (AvgIpc) is 3.48. The molecule has 0 N–H and O–H groups in total. The maximum Gasteiger partial charge on any atom is 0.0213 e. The quantitative estimate of drug-likeness (QED) is 0.169. The van der Waals surface area contributed by atoms with Crippen molar-refractivity contribution in [1.82, 2.24) is 0 Å². The van der Waals surface area contributed by atoms with Gasteiger partial charge in [0.1, 0.15) is 0 Å². The highest BCUT2D eigenvalue weighted by Gasteiger charge is 2.43. The number of benzene rings is 4. The summed E-state index contributed by atoms with van der Waals surface area (Å²) in [5.41, 5.74) is 16.3. The van der Waals surface area contributed by atoms with Gasteiger partial charge in [-0.05, 0) is 125 Å². The van der Waals surface area contributed by atoms with Crippen molar-refractivity contribution in [3.63, 3.8) is 0 Å². The number of rotatable bonds is 11. The molecular formula is C43H52. The Hall–Kier alpha value is -3.12. The van der Waals surface area contributed by atoms with Gasteiger partial charge in [-0.25, -0.2) is 0 Å². The Morgan fingerprint density at radius 1 is 0.512 bits per heavy atom. The summed E-state index contributed by atoms with van der Waals surface area (Å²) in [7, 11) is 0. The predicted molar refractivity (Wildman–Crippen MR) is 187 cm³/mol. The first kappa shape index (κ1) is 29.9. The van der Waals surface area contributed by atoms with E-state index >= 15 is 0 Å². The van der Waals surface area contributed by atoms with Crippen LogP contribution in [0.4, 0.5) is 0 Å². The number of hydrogen-bond acceptors (Lipinski definition) is 0. The molecule has 224 valence electrons. The zero-order valence-corrected chi connectivity index (χ0v) is 27.8. The Kier molecular flexibility index (Phi) is 8.18. The molecule has 4 aromatic rings. The zero-order valence-electron chi connectivity index (χ0n) is 27.8. The molecule has 0 aliphatic heterocycles. The molecule has 0 radical (unpaired) electrons. The van der Waals surface area contributed by atoms with Crippen LogP contribution in [0.2, 0.25) is 0 Å². The lowest BCUT2D eigenvalue weighted by Crippen LogP contribution is -2.25. The normalized spacial score (nSPS) is 21.2. The third kappa shape index (κ3) is 4.81. The van der Waals surface area contributed by atoms with Crippen LogP contribution in [0.15, 0.2) is 78.9 Å². The van der Waals surface area contributed by atoms with E-state index in [9.17, 15) is 0 Å². The van der Waals surface area contributed by atoms with E-state index in [0.717, 1.165) is 24.7 Å². The summed E-state index contributed by atoms with van der Waals surface area (Å²) in [5, 5.41) is 0. The summed E-state index contributed by atoms with van der Waals surface area (Å²) in [6, 6.07) is 31.3. The molecule has 0 spiro atoms. The first-order valence-corrected chi connectivity index (χ1v) is 17.3. The summed E-state index contributed by atoms with van der Waals surface area (Å²) in [6.07, 6.45) is 9.78. The highest BCUT2D eigenvalue weighted by atomic mass is 14.5. The van der Waals surface area contributed by atoms with Crippen molar-refractivity contribution in [3.8, 4) is 33.4 Å². The van der Waals surface area contributed by atoms with Gasteiger partial charge in [0, 0.05) is 10.8 Å². The largest absolute Gasteiger partial charge is 0.0651 e. The molecule has 0 aromatic heterocycles. The van der Waals surface area contributed by atoms with Gasteiger partial charge in [0.15, 0.2) is 0 Å². The molecule has 4 unspecified atom stereocenters. The third-order valence-electron chi connectivity index (χ3n) is 11.8. The highest BCUT2D eigenvalue weighted by Crippen LogP contribution is 2.56. The van der Waals surface area contributed by atoms with Crippen LogP contribution in [-0.4, -0.2) is 0 Å². The lowest BCUT2D eigenvalue weighted by atomic mass is 9.70. The van der Waals surface area contributed by atoms with Crippen molar-refractivity contribution >= 4 is 0 Å². The van der Waals surface area contributed by atoms with Gasteiger partial charge in [-0.1, -0.05) is 127 Å². The van der Waals surface area contributed by atoms with Crippen molar-refractivity contribution in [2.45, 2.75) is 111 Å². The molecule has 0 heteroatoms. The Labute approximate surface area is 262 Å². The lowest BCUT2D eigenvalue weighted by Gasteiger charge is -2.33. The maximum absolute atomic E-state index is 2.58. The number of aryl methyl sites for hydroxylation is 1. The topological polar surface area (TPSA) is 0 Å². The fraction of sp³-hybridized carbons (Fsp3) is 0.442. The van der Waals surface area contributed by atoms with E-state index in [4.69, 9.17) is 0 Å². The summed E-state index contributed by atoms with van der Waals surface area (Å²) < 4.78 is 0. The number of fused-ring (bicyclic) bond motifs is 6. The number of hydrogen-bond donors (Lipinski definition) is 0. The molecule has 0 amide bonds. The van der Waals surface area contributed by atoms with Crippen molar-refractivity contribution in [2.75, 3.05) is 0 Å². The van der Waals surface area contributed by atoms with Gasteiger partial charge in [-0.15, -0.1) is 0 Å². The fourth-order valence-electron chi connectivity index (χ4n) is 8.47. The van der Waals surface area contributed by atoms with Crippen LogP contribution in [0.1, 0.15) is 121 Å². The summed E-state index contributed by atoms with van der Waals surface area (Å²) in [5.74, 6) is 1.50. The predicted octanol–water partition coefficient (Wildman–Crippen LogP) is 12.7. The Morgan fingerprint density at radius 2 is 0.953 bits per heavy atom. The highest BCUT2D eigenvalue weighted by molar-refractivity contribution is 5.87. The fourth-order valence-corrected chi connectivity index (χ4v) is 8.47. The van der Waals surface area contributed by atoms with Gasteiger partial charge in [-0.3, -0.25) is 0 Å². The van der Waals surface area contributed by atoms with Gasteiger partial charge >= 0.3 is 0 Å². The smallest absolute Gasteiger partial charge is 0.0213 e. The second kappa shape index (κ2) is 11.8. The summed E-state index contributed by atoms with van der Waals surface area (Å²) >= 11 is 0. The first-order valence-electron chi connectivity index (χ1n) is 17.3. The molecule has 4 aromatic carbocycles. The Bertz CT molecular complexity index is 1620. The van der Waals surface area contributed by atoms with Crippen LogP contribution in [0.25, 0.3) is 33.4 Å². The molecule has 2 aliphatic rings. The summed E-state index contributed by atoms with van der Waals surface area (Å²) in [4.78, 5) is 0. The van der Waals surface area contributed by atoms with E-state index in [0.29, 0.717) is 0 Å². The molecule has 0 fully saturated rings. The molecule has 0 bridgehead atoms. The van der Waals surface area contributed by atoms with E-state index < -0.39 is 0 Å². The van der Waals surface area contributed by atoms with Crippen molar-refractivity contribution in [3.05, 3.63) is 107 Å². The van der Waals surface area contributed by atoms with Crippen molar-refractivity contribution in [1.29, 1.82) is 0 Å². The molecule has 0 saturated heterocycles. The van der Waals surface area contributed by atoms with Gasteiger partial charge in [0.25, 0.3) is 0 Å². The van der Waals surface area contributed by atoms with E-state index in [2.05, 4.69) is 127 Å². The van der Waals surface area contributed by atoms with Crippen molar-refractivity contribution in [2.24, 2.45) is 11.8 Å². The standard InChI is InChI=1S/C43H52/c1-8-29(5)22-24-42(10-3)38-15-13-12-14-34(38)36-20-17-32(27-40(36)42)33-18-21-37-35-19-16-31(7)26-39(35)43(11-4,41(37)28-33)25-23-30(6)9-2/h12-21,26-30H,8-11,22-25H2,1-7H3. The molecule has 0 heterocycles. The van der Waals surface area contributed by atoms with Crippen LogP contribution in [0, 0.1) is 18.8 Å². The molecule has 0 saturated carbocycles. The maximum atomic E-state index is 2.58. The van der Waals surface area contributed by atoms with Gasteiger partial charge in [0.2, 0.25) is 0 Å². The summed E-state index contributed by atoms with van der Waals surface area (Å²) in [6.45, 7) is 16.6. The lowest BCUT2D eigenvalue weighted by molar-refractivity contribution is 0.389. The van der Waals surface area contributed by atoms with Crippen LogP contribution in [0.3, 0.4) is 0 Å². The van der Waals surface area contributed by atoms with Crippen LogP contribution in [-0.2, 0) is 10.8 Å². The van der Waals surface area contributed by atoms with E-state index in [1.807, 2.05) is 0 Å².